The van der Waals surface area contributed by atoms with E-state index in [-0.39, 0.29) is 0 Å². The van der Waals surface area contributed by atoms with Crippen LogP contribution < -0.4 is 0 Å². The number of hydrogen-bond donors (Lipinski definition) is 0. The first-order valence-corrected chi connectivity index (χ1v) is 6.94. The highest BCUT2D eigenvalue weighted by atomic mass is 15.1. The van der Waals surface area contributed by atoms with Gasteiger partial charge in [0.1, 0.15) is 0 Å². The summed E-state index contributed by atoms with van der Waals surface area (Å²) in [5, 5.41) is 0. The van der Waals surface area contributed by atoms with Crippen molar-refractivity contribution in [1.82, 2.24) is 4.90 Å². The van der Waals surface area contributed by atoms with Crippen LogP contribution in [0.4, 0.5) is 0 Å². The molecule has 0 bridgehead atoms. The Hall–Kier alpha value is -0.0400. The Morgan fingerprint density at radius 2 is 1.20 bits per heavy atom. The van der Waals surface area contributed by atoms with Gasteiger partial charge in [-0.3, -0.25) is 0 Å². The quantitative estimate of drug-likeness (QED) is 0.670. The molecular weight excluding hydrogens is 182 g/mol. The molecule has 2 saturated carbocycles. The molecule has 0 amide bonds. The Morgan fingerprint density at radius 1 is 0.667 bits per heavy atom. The van der Waals surface area contributed by atoms with E-state index in [0.29, 0.717) is 0 Å². The normalized spacial score (nSPS) is 34.6. The summed E-state index contributed by atoms with van der Waals surface area (Å²) in [6.45, 7) is 0. The number of hydrogen-bond acceptors (Lipinski definition) is 1. The van der Waals surface area contributed by atoms with Crippen LogP contribution in [0.1, 0.15) is 57.8 Å². The molecule has 1 heteroatoms. The molecule has 2 aliphatic rings. The molecule has 0 atom stereocenters. The van der Waals surface area contributed by atoms with Gasteiger partial charge in [0, 0.05) is 6.04 Å². The highest BCUT2D eigenvalue weighted by Crippen LogP contribution is 2.38. The van der Waals surface area contributed by atoms with Gasteiger partial charge >= 0.3 is 0 Å². The summed E-state index contributed by atoms with van der Waals surface area (Å²) in [7, 11) is 4.48. The van der Waals surface area contributed by atoms with Crippen LogP contribution >= 0.6 is 0 Å². The second-order valence-corrected chi connectivity index (χ2v) is 5.93. The van der Waals surface area contributed by atoms with E-state index in [1.165, 1.54) is 57.8 Å². The molecule has 0 saturated heterocycles. The van der Waals surface area contributed by atoms with Gasteiger partial charge in [-0.25, -0.2) is 0 Å². The molecule has 0 aliphatic heterocycles. The molecule has 0 unspecified atom stereocenters. The minimum Gasteiger partial charge on any atom is -0.306 e. The molecule has 0 aromatic heterocycles. The van der Waals surface area contributed by atoms with Gasteiger partial charge in [0.15, 0.2) is 0 Å². The fourth-order valence-corrected chi connectivity index (χ4v) is 3.69. The van der Waals surface area contributed by atoms with Crippen molar-refractivity contribution in [3.05, 3.63) is 0 Å². The maximum atomic E-state index is 2.43. The third kappa shape index (κ3) is 2.96. The van der Waals surface area contributed by atoms with Crippen LogP contribution in [-0.2, 0) is 0 Å². The minimum absolute atomic E-state index is 0.879. The smallest absolute Gasteiger partial charge is 0.00893 e. The summed E-state index contributed by atoms with van der Waals surface area (Å²) in [5.74, 6) is 2.18. The molecule has 0 aromatic rings. The monoisotopic (exact) mass is 209 g/mol. The average Bonchev–Trinajstić information content (AvgIpc) is 2.30. The van der Waals surface area contributed by atoms with Crippen molar-refractivity contribution in [1.29, 1.82) is 0 Å². The molecule has 1 nitrogen and oxygen atoms in total. The van der Waals surface area contributed by atoms with E-state index in [4.69, 9.17) is 0 Å². The topological polar surface area (TPSA) is 3.24 Å². The third-order valence-electron chi connectivity index (χ3n) is 4.79. The van der Waals surface area contributed by atoms with Crippen molar-refractivity contribution >= 4 is 0 Å². The summed E-state index contributed by atoms with van der Waals surface area (Å²) in [6, 6.07) is 0.879. The van der Waals surface area contributed by atoms with E-state index in [2.05, 4.69) is 19.0 Å². The summed E-state index contributed by atoms with van der Waals surface area (Å²) in [4.78, 5) is 2.43. The first kappa shape index (κ1) is 11.4. The van der Waals surface area contributed by atoms with Crippen molar-refractivity contribution in [2.45, 2.75) is 63.8 Å². The fourth-order valence-electron chi connectivity index (χ4n) is 3.69. The minimum atomic E-state index is 0.879. The molecule has 0 aromatic carbocycles. The van der Waals surface area contributed by atoms with Crippen molar-refractivity contribution in [3.8, 4) is 0 Å². The molecule has 0 N–H and O–H groups in total. The van der Waals surface area contributed by atoms with E-state index in [0.717, 1.165) is 17.9 Å². The first-order valence-electron chi connectivity index (χ1n) is 6.94. The van der Waals surface area contributed by atoms with Gasteiger partial charge in [-0.05, 0) is 51.6 Å². The predicted octanol–water partition coefficient (Wildman–Crippen LogP) is 3.69. The van der Waals surface area contributed by atoms with Crippen LogP contribution in [0.5, 0.6) is 0 Å². The molecule has 2 fully saturated rings. The summed E-state index contributed by atoms with van der Waals surface area (Å²) >= 11 is 0. The molecule has 0 heterocycles. The van der Waals surface area contributed by atoms with Crippen LogP contribution in [0.2, 0.25) is 0 Å². The number of nitrogens with zero attached hydrogens (tertiary/aromatic N) is 1. The van der Waals surface area contributed by atoms with Gasteiger partial charge in [0.05, 0.1) is 0 Å². The third-order valence-corrected chi connectivity index (χ3v) is 4.79. The molecule has 0 radical (unpaired) electrons. The second-order valence-electron chi connectivity index (χ2n) is 5.93. The number of rotatable bonds is 2. The van der Waals surface area contributed by atoms with E-state index in [1.54, 1.807) is 0 Å². The largest absolute Gasteiger partial charge is 0.306 e. The first-order chi connectivity index (χ1) is 7.27. The zero-order valence-electron chi connectivity index (χ0n) is 10.5. The van der Waals surface area contributed by atoms with Crippen molar-refractivity contribution in [3.63, 3.8) is 0 Å². The highest BCUT2D eigenvalue weighted by molar-refractivity contribution is 4.82. The van der Waals surface area contributed by atoms with E-state index >= 15 is 0 Å². The zero-order valence-corrected chi connectivity index (χ0v) is 10.5. The highest BCUT2D eigenvalue weighted by Gasteiger charge is 2.28. The van der Waals surface area contributed by atoms with Crippen LogP contribution in [0.15, 0.2) is 0 Å². The average molecular weight is 209 g/mol. The van der Waals surface area contributed by atoms with Gasteiger partial charge in [0.2, 0.25) is 0 Å². The molecule has 0 spiro atoms. The lowest BCUT2D eigenvalue weighted by Gasteiger charge is -2.37. The second kappa shape index (κ2) is 5.34. The molecule has 2 rings (SSSR count). The molecule has 2 aliphatic carbocycles. The zero-order chi connectivity index (χ0) is 10.7. The Bertz CT molecular complexity index is 174. The Labute approximate surface area is 95.2 Å². The maximum Gasteiger partial charge on any atom is 0.00893 e. The van der Waals surface area contributed by atoms with E-state index < -0.39 is 0 Å². The Balaban J connectivity index is 1.77. The van der Waals surface area contributed by atoms with Crippen LogP contribution in [-0.4, -0.2) is 25.0 Å². The maximum absolute atomic E-state index is 2.43. The van der Waals surface area contributed by atoms with Crippen molar-refractivity contribution in [2.24, 2.45) is 11.8 Å². The molecule has 88 valence electrons. The van der Waals surface area contributed by atoms with Crippen LogP contribution in [0, 0.1) is 11.8 Å². The van der Waals surface area contributed by atoms with Gasteiger partial charge in [-0.15, -0.1) is 0 Å². The lowest BCUT2D eigenvalue weighted by molar-refractivity contribution is 0.138. The van der Waals surface area contributed by atoms with E-state index in [9.17, 15) is 0 Å². The Morgan fingerprint density at radius 3 is 1.73 bits per heavy atom. The molecule has 15 heavy (non-hydrogen) atoms. The lowest BCUT2D eigenvalue weighted by Crippen LogP contribution is -2.34. The van der Waals surface area contributed by atoms with Crippen LogP contribution in [0.3, 0.4) is 0 Å². The van der Waals surface area contributed by atoms with Gasteiger partial charge in [-0.1, -0.05) is 32.1 Å². The molecular formula is C14H27N. The Kier molecular flexibility index (Phi) is 4.07. The summed E-state index contributed by atoms with van der Waals surface area (Å²) in [6.07, 6.45) is 13.5. The van der Waals surface area contributed by atoms with Gasteiger partial charge in [0.25, 0.3) is 0 Å². The predicted molar refractivity (Wildman–Crippen MR) is 66.0 cm³/mol. The summed E-state index contributed by atoms with van der Waals surface area (Å²) in [5.41, 5.74) is 0. The standard InChI is InChI=1S/C14H27N/c1-15(2)14-10-8-13(9-11-14)12-6-4-3-5-7-12/h12-14H,3-11H2,1-2H3. The van der Waals surface area contributed by atoms with Crippen LogP contribution in [0.25, 0.3) is 0 Å². The SMILES string of the molecule is CN(C)C1CCC(C2CCCCC2)CC1. The fraction of sp³-hybridized carbons (Fsp3) is 1.00. The van der Waals surface area contributed by atoms with Gasteiger partial charge < -0.3 is 4.90 Å². The lowest BCUT2D eigenvalue weighted by atomic mass is 9.72. The summed E-state index contributed by atoms with van der Waals surface area (Å²) < 4.78 is 0. The van der Waals surface area contributed by atoms with Crippen molar-refractivity contribution in [2.75, 3.05) is 14.1 Å². The van der Waals surface area contributed by atoms with E-state index in [1.807, 2.05) is 0 Å². The van der Waals surface area contributed by atoms with Crippen molar-refractivity contribution < 1.29 is 0 Å². The van der Waals surface area contributed by atoms with Gasteiger partial charge in [-0.2, -0.15) is 0 Å².